The highest BCUT2D eigenvalue weighted by molar-refractivity contribution is 6.41. The summed E-state index contributed by atoms with van der Waals surface area (Å²) in [4.78, 5) is 8.20. The first-order valence-corrected chi connectivity index (χ1v) is 6.39. The largest absolute Gasteiger partial charge is 0.322 e. The van der Waals surface area contributed by atoms with E-state index in [4.69, 9.17) is 46.4 Å². The van der Waals surface area contributed by atoms with Crippen LogP contribution in [0, 0.1) is 6.92 Å². The predicted octanol–water partition coefficient (Wildman–Crippen LogP) is 5.14. The number of nitrogens with zero attached hydrogens (tertiary/aromatic N) is 2. The monoisotopic (exact) mass is 321 g/mol. The summed E-state index contributed by atoms with van der Waals surface area (Å²) >= 11 is 23.8. The van der Waals surface area contributed by atoms with Crippen molar-refractivity contribution in [3.05, 3.63) is 44.1 Å². The van der Waals surface area contributed by atoms with Crippen LogP contribution in [0.5, 0.6) is 0 Å². The van der Waals surface area contributed by atoms with E-state index in [1.165, 1.54) is 0 Å². The molecule has 0 spiro atoms. The number of hydrogen-bond donors (Lipinski definition) is 1. The van der Waals surface area contributed by atoms with E-state index in [0.717, 1.165) is 5.69 Å². The van der Waals surface area contributed by atoms with Gasteiger partial charge in [-0.15, -0.1) is 0 Å². The minimum atomic E-state index is 0.325. The van der Waals surface area contributed by atoms with Crippen molar-refractivity contribution >= 4 is 58.0 Å². The Morgan fingerprint density at radius 1 is 0.944 bits per heavy atom. The number of hydrogen-bond acceptors (Lipinski definition) is 3. The van der Waals surface area contributed by atoms with Gasteiger partial charge in [-0.25, -0.2) is 9.97 Å². The molecule has 0 amide bonds. The maximum Gasteiger partial charge on any atom is 0.228 e. The molecule has 1 aromatic carbocycles. The Morgan fingerprint density at radius 2 is 1.56 bits per heavy atom. The standard InChI is InChI=1S/C11H7Cl4N3/c1-5-2-9(15)17-11(16-5)18-10-7(13)3-6(12)4-8(10)14/h2-4H,1H3,(H,16,17,18). The average Bonchev–Trinajstić information content (AvgIpc) is 2.22. The van der Waals surface area contributed by atoms with Gasteiger partial charge in [-0.1, -0.05) is 46.4 Å². The summed E-state index contributed by atoms with van der Waals surface area (Å²) in [6.45, 7) is 1.81. The van der Waals surface area contributed by atoms with Gasteiger partial charge < -0.3 is 5.32 Å². The second-order valence-electron chi connectivity index (χ2n) is 3.53. The van der Waals surface area contributed by atoms with Crippen LogP contribution in [0.4, 0.5) is 11.6 Å². The van der Waals surface area contributed by atoms with E-state index in [0.29, 0.717) is 31.9 Å². The van der Waals surface area contributed by atoms with Crippen LogP contribution < -0.4 is 5.32 Å². The summed E-state index contributed by atoms with van der Waals surface area (Å²) in [5, 5.41) is 4.48. The van der Waals surface area contributed by atoms with Gasteiger partial charge in [-0.3, -0.25) is 0 Å². The lowest BCUT2D eigenvalue weighted by Crippen LogP contribution is -1.99. The number of anilines is 2. The molecule has 0 atom stereocenters. The van der Waals surface area contributed by atoms with Crippen molar-refractivity contribution in [1.82, 2.24) is 9.97 Å². The Hall–Kier alpha value is -0.740. The van der Waals surface area contributed by atoms with Gasteiger partial charge in [-0.05, 0) is 25.1 Å². The highest BCUT2D eigenvalue weighted by Gasteiger charge is 2.10. The molecule has 0 aliphatic rings. The molecule has 0 saturated heterocycles. The van der Waals surface area contributed by atoms with Crippen molar-refractivity contribution in [3.63, 3.8) is 0 Å². The van der Waals surface area contributed by atoms with Gasteiger partial charge in [0, 0.05) is 10.7 Å². The van der Waals surface area contributed by atoms with Crippen LogP contribution in [0.2, 0.25) is 20.2 Å². The quantitative estimate of drug-likeness (QED) is 0.778. The lowest BCUT2D eigenvalue weighted by Gasteiger charge is -2.10. The molecule has 0 fully saturated rings. The van der Waals surface area contributed by atoms with Gasteiger partial charge in [0.1, 0.15) is 5.15 Å². The summed E-state index contributed by atoms with van der Waals surface area (Å²) in [7, 11) is 0. The normalized spacial score (nSPS) is 10.5. The molecular weight excluding hydrogens is 316 g/mol. The maximum atomic E-state index is 6.04. The molecule has 0 unspecified atom stereocenters. The zero-order chi connectivity index (χ0) is 13.3. The third-order valence-electron chi connectivity index (χ3n) is 2.07. The fourth-order valence-electron chi connectivity index (χ4n) is 1.36. The van der Waals surface area contributed by atoms with Crippen LogP contribution in [-0.2, 0) is 0 Å². The van der Waals surface area contributed by atoms with Crippen LogP contribution in [0.15, 0.2) is 18.2 Å². The smallest absolute Gasteiger partial charge is 0.228 e. The van der Waals surface area contributed by atoms with Crippen molar-refractivity contribution in [2.75, 3.05) is 5.32 Å². The third kappa shape index (κ3) is 3.18. The van der Waals surface area contributed by atoms with E-state index in [1.807, 2.05) is 6.92 Å². The van der Waals surface area contributed by atoms with Crippen LogP contribution in [0.3, 0.4) is 0 Å². The minimum absolute atomic E-state index is 0.325. The number of nitrogens with one attached hydrogen (secondary N) is 1. The van der Waals surface area contributed by atoms with E-state index >= 15 is 0 Å². The summed E-state index contributed by atoms with van der Waals surface area (Å²) in [5.41, 5.74) is 1.23. The van der Waals surface area contributed by atoms with Gasteiger partial charge in [0.25, 0.3) is 0 Å². The molecule has 0 aliphatic carbocycles. The first kappa shape index (κ1) is 13.7. The Kier molecular flexibility index (Phi) is 4.17. The summed E-state index contributed by atoms with van der Waals surface area (Å²) in [6, 6.07) is 4.81. The molecule has 0 radical (unpaired) electrons. The molecule has 2 aromatic rings. The van der Waals surface area contributed by atoms with Crippen LogP contribution in [0.1, 0.15) is 5.69 Å². The fourth-order valence-corrected chi connectivity index (χ4v) is 2.51. The fraction of sp³-hybridized carbons (Fsp3) is 0.0909. The summed E-state index contributed by atoms with van der Waals surface area (Å²) in [5.74, 6) is 0.325. The van der Waals surface area contributed by atoms with E-state index in [9.17, 15) is 0 Å². The highest BCUT2D eigenvalue weighted by Crippen LogP contribution is 2.35. The molecule has 3 nitrogen and oxygen atoms in total. The highest BCUT2D eigenvalue weighted by atomic mass is 35.5. The topological polar surface area (TPSA) is 37.8 Å². The van der Waals surface area contributed by atoms with E-state index in [-0.39, 0.29) is 0 Å². The van der Waals surface area contributed by atoms with Crippen molar-refractivity contribution < 1.29 is 0 Å². The molecule has 1 aromatic heterocycles. The number of benzene rings is 1. The predicted molar refractivity (Wildman–Crippen MR) is 76.5 cm³/mol. The Bertz CT molecular complexity index is 558. The van der Waals surface area contributed by atoms with Gasteiger partial charge >= 0.3 is 0 Å². The Balaban J connectivity index is 2.40. The minimum Gasteiger partial charge on any atom is -0.322 e. The van der Waals surface area contributed by atoms with Crippen molar-refractivity contribution in [2.45, 2.75) is 6.92 Å². The SMILES string of the molecule is Cc1cc(Cl)nc(Nc2c(Cl)cc(Cl)cc2Cl)n1. The third-order valence-corrected chi connectivity index (χ3v) is 3.07. The summed E-state index contributed by atoms with van der Waals surface area (Å²) < 4.78 is 0. The first-order valence-electron chi connectivity index (χ1n) is 4.88. The average molecular weight is 323 g/mol. The summed E-state index contributed by atoms with van der Waals surface area (Å²) in [6.07, 6.45) is 0. The maximum absolute atomic E-state index is 6.04. The zero-order valence-corrected chi connectivity index (χ0v) is 12.2. The Labute approximate surface area is 124 Å². The zero-order valence-electron chi connectivity index (χ0n) is 9.14. The number of aryl methyl sites for hydroxylation is 1. The molecular formula is C11H7Cl4N3. The van der Waals surface area contributed by atoms with E-state index in [2.05, 4.69) is 15.3 Å². The van der Waals surface area contributed by atoms with Gasteiger partial charge in [-0.2, -0.15) is 0 Å². The number of aromatic nitrogens is 2. The molecule has 1 N–H and O–H groups in total. The number of rotatable bonds is 2. The van der Waals surface area contributed by atoms with Crippen LogP contribution >= 0.6 is 46.4 Å². The first-order chi connectivity index (χ1) is 8.45. The molecule has 7 heteroatoms. The molecule has 1 heterocycles. The van der Waals surface area contributed by atoms with Crippen LogP contribution in [-0.4, -0.2) is 9.97 Å². The lowest BCUT2D eigenvalue weighted by molar-refractivity contribution is 1.11. The van der Waals surface area contributed by atoms with Crippen molar-refractivity contribution in [1.29, 1.82) is 0 Å². The Morgan fingerprint density at radius 3 is 2.11 bits per heavy atom. The molecule has 0 saturated carbocycles. The molecule has 2 rings (SSSR count). The number of halogens is 4. The second kappa shape index (κ2) is 5.49. The molecule has 18 heavy (non-hydrogen) atoms. The van der Waals surface area contributed by atoms with Crippen molar-refractivity contribution in [3.8, 4) is 0 Å². The molecule has 0 aliphatic heterocycles. The van der Waals surface area contributed by atoms with Crippen molar-refractivity contribution in [2.24, 2.45) is 0 Å². The lowest BCUT2D eigenvalue weighted by atomic mass is 10.3. The second-order valence-corrected chi connectivity index (χ2v) is 5.16. The van der Waals surface area contributed by atoms with Crippen LogP contribution in [0.25, 0.3) is 0 Å². The van der Waals surface area contributed by atoms with E-state index < -0.39 is 0 Å². The van der Waals surface area contributed by atoms with Gasteiger partial charge in [0.15, 0.2) is 0 Å². The van der Waals surface area contributed by atoms with Gasteiger partial charge in [0.05, 0.1) is 15.7 Å². The molecule has 0 bridgehead atoms. The van der Waals surface area contributed by atoms with Gasteiger partial charge in [0.2, 0.25) is 5.95 Å². The van der Waals surface area contributed by atoms with E-state index in [1.54, 1.807) is 18.2 Å². The molecule has 94 valence electrons.